The van der Waals surface area contributed by atoms with E-state index in [1.807, 2.05) is 0 Å². The summed E-state index contributed by atoms with van der Waals surface area (Å²) in [5, 5.41) is 24.5. The molecule has 0 fully saturated rings. The lowest BCUT2D eigenvalue weighted by Gasteiger charge is -2.22. The van der Waals surface area contributed by atoms with Crippen LogP contribution < -0.4 is 10.6 Å². The molecule has 0 aliphatic carbocycles. The molecule has 0 aliphatic rings. The molecule has 0 saturated heterocycles. The molecule has 1 aromatic carbocycles. The summed E-state index contributed by atoms with van der Waals surface area (Å²) in [5.74, 6) is -1.23. The molecule has 0 aliphatic heterocycles. The number of carbonyl (C=O) groups is 2. The predicted octanol–water partition coefficient (Wildman–Crippen LogP) is 1.30. The first kappa shape index (κ1) is 18.5. The molecule has 7 nitrogen and oxygen atoms in total. The number of rotatable bonds is 6. The van der Waals surface area contributed by atoms with Gasteiger partial charge in [-0.05, 0) is 12.1 Å². The number of carboxylic acids is 1. The number of aliphatic carboxylic acids is 1. The molecule has 2 atom stereocenters. The quantitative estimate of drug-likeness (QED) is 0.580. The molecular formula is C13H17Cl2N3O4. The lowest BCUT2D eigenvalue weighted by Crippen LogP contribution is -2.49. The molecule has 4 N–H and O–H groups in total. The molecule has 0 spiro atoms. The SMILES string of the molecule is CN(C)C(=O)NC[C@H](NC(O)c1c(Cl)cccc1Cl)C(=O)O. The van der Waals surface area contributed by atoms with E-state index in [1.165, 1.54) is 31.1 Å². The second-order valence-electron chi connectivity index (χ2n) is 4.68. The van der Waals surface area contributed by atoms with Gasteiger partial charge in [0.25, 0.3) is 0 Å². The number of carboxylic acid groups (broad SMARTS) is 1. The molecular weight excluding hydrogens is 333 g/mol. The van der Waals surface area contributed by atoms with Crippen LogP contribution in [0.5, 0.6) is 0 Å². The fourth-order valence-corrected chi connectivity index (χ4v) is 2.21. The molecule has 1 rings (SSSR count). The molecule has 122 valence electrons. The normalized spacial score (nSPS) is 13.3. The van der Waals surface area contributed by atoms with Crippen molar-refractivity contribution in [3.05, 3.63) is 33.8 Å². The number of carbonyl (C=O) groups excluding carboxylic acids is 1. The van der Waals surface area contributed by atoms with Gasteiger partial charge in [0.15, 0.2) is 0 Å². The van der Waals surface area contributed by atoms with Crippen LogP contribution in [-0.4, -0.2) is 53.8 Å². The Labute approximate surface area is 137 Å². The van der Waals surface area contributed by atoms with Gasteiger partial charge in [0, 0.05) is 36.2 Å². The Bertz CT molecular complexity index is 534. The van der Waals surface area contributed by atoms with Crippen LogP contribution in [0.25, 0.3) is 0 Å². The number of amides is 2. The van der Waals surface area contributed by atoms with Crippen LogP contribution in [0.2, 0.25) is 10.0 Å². The van der Waals surface area contributed by atoms with Crippen molar-refractivity contribution in [3.63, 3.8) is 0 Å². The van der Waals surface area contributed by atoms with Crippen molar-refractivity contribution in [3.8, 4) is 0 Å². The molecule has 0 saturated carbocycles. The number of aliphatic hydroxyl groups excluding tert-OH is 1. The Balaban J connectivity index is 2.78. The first-order valence-corrected chi connectivity index (χ1v) is 7.05. The van der Waals surface area contributed by atoms with E-state index in [0.717, 1.165) is 0 Å². The van der Waals surface area contributed by atoms with Gasteiger partial charge in [-0.15, -0.1) is 0 Å². The number of halogens is 2. The highest BCUT2D eigenvalue weighted by Crippen LogP contribution is 2.29. The molecule has 1 aromatic rings. The van der Waals surface area contributed by atoms with Crippen molar-refractivity contribution in [2.75, 3.05) is 20.6 Å². The highest BCUT2D eigenvalue weighted by atomic mass is 35.5. The smallest absolute Gasteiger partial charge is 0.322 e. The van der Waals surface area contributed by atoms with E-state index in [1.54, 1.807) is 6.07 Å². The van der Waals surface area contributed by atoms with Gasteiger partial charge in [0.05, 0.1) is 0 Å². The maximum atomic E-state index is 11.4. The van der Waals surface area contributed by atoms with Gasteiger partial charge >= 0.3 is 12.0 Å². The van der Waals surface area contributed by atoms with Crippen LogP contribution in [0.15, 0.2) is 18.2 Å². The number of nitrogens with zero attached hydrogens (tertiary/aromatic N) is 1. The van der Waals surface area contributed by atoms with Gasteiger partial charge in [-0.1, -0.05) is 29.3 Å². The van der Waals surface area contributed by atoms with Crippen LogP contribution >= 0.6 is 23.2 Å². The molecule has 0 bridgehead atoms. The summed E-state index contributed by atoms with van der Waals surface area (Å²) >= 11 is 11.9. The van der Waals surface area contributed by atoms with Gasteiger partial charge in [-0.2, -0.15) is 0 Å². The second-order valence-corrected chi connectivity index (χ2v) is 5.49. The summed E-state index contributed by atoms with van der Waals surface area (Å²) in [6.07, 6.45) is -1.39. The van der Waals surface area contributed by atoms with E-state index < -0.39 is 24.3 Å². The number of hydrogen-bond donors (Lipinski definition) is 4. The molecule has 22 heavy (non-hydrogen) atoms. The maximum absolute atomic E-state index is 11.4. The number of aliphatic hydroxyl groups is 1. The van der Waals surface area contributed by atoms with Crippen molar-refractivity contribution < 1.29 is 19.8 Å². The summed E-state index contributed by atoms with van der Waals surface area (Å²) in [5.41, 5.74) is 0.177. The van der Waals surface area contributed by atoms with Crippen LogP contribution in [0.3, 0.4) is 0 Å². The minimum absolute atomic E-state index is 0.177. The zero-order chi connectivity index (χ0) is 16.9. The largest absolute Gasteiger partial charge is 0.480 e. The summed E-state index contributed by atoms with van der Waals surface area (Å²) in [7, 11) is 3.05. The second kappa shape index (κ2) is 8.19. The van der Waals surface area contributed by atoms with Gasteiger partial charge in [-0.25, -0.2) is 4.79 Å². The lowest BCUT2D eigenvalue weighted by atomic mass is 10.1. The fourth-order valence-electron chi connectivity index (χ4n) is 1.61. The Morgan fingerprint density at radius 3 is 2.27 bits per heavy atom. The molecule has 0 heterocycles. The molecule has 0 aromatic heterocycles. The number of urea groups is 1. The Kier molecular flexibility index (Phi) is 6.89. The van der Waals surface area contributed by atoms with E-state index in [2.05, 4.69) is 10.6 Å². The van der Waals surface area contributed by atoms with E-state index in [9.17, 15) is 14.7 Å². The molecule has 2 amide bonds. The summed E-state index contributed by atoms with van der Waals surface area (Å²) in [6, 6.07) is 2.99. The minimum atomic E-state index is -1.39. The van der Waals surface area contributed by atoms with E-state index >= 15 is 0 Å². The zero-order valence-corrected chi connectivity index (χ0v) is 13.5. The average molecular weight is 350 g/mol. The first-order valence-electron chi connectivity index (χ1n) is 6.30. The minimum Gasteiger partial charge on any atom is -0.480 e. The summed E-state index contributed by atoms with van der Waals surface area (Å²) in [6.45, 7) is -0.217. The Hall–Kier alpha value is -1.54. The summed E-state index contributed by atoms with van der Waals surface area (Å²) < 4.78 is 0. The molecule has 9 heteroatoms. The highest BCUT2D eigenvalue weighted by molar-refractivity contribution is 6.36. The number of nitrogens with one attached hydrogen (secondary N) is 2. The number of benzene rings is 1. The third kappa shape index (κ3) is 5.03. The Morgan fingerprint density at radius 1 is 1.27 bits per heavy atom. The summed E-state index contributed by atoms with van der Waals surface area (Å²) in [4.78, 5) is 23.9. The zero-order valence-electron chi connectivity index (χ0n) is 12.0. The van der Waals surface area contributed by atoms with Gasteiger partial charge in [0.1, 0.15) is 12.3 Å². The monoisotopic (exact) mass is 349 g/mol. The molecule has 1 unspecified atom stereocenters. The standard InChI is InChI=1S/C13H17Cl2N3O4/c1-18(2)13(22)16-6-9(12(20)21)17-11(19)10-7(14)4-3-5-8(10)15/h3-5,9,11,17,19H,6H2,1-2H3,(H,16,22)(H,20,21)/t9-,11?/m0/s1. The lowest BCUT2D eigenvalue weighted by molar-refractivity contribution is -0.140. The molecule has 0 radical (unpaired) electrons. The van der Waals surface area contributed by atoms with Gasteiger partial charge in [0.2, 0.25) is 0 Å². The van der Waals surface area contributed by atoms with Crippen LogP contribution in [0.4, 0.5) is 4.79 Å². The van der Waals surface area contributed by atoms with Crippen molar-refractivity contribution >= 4 is 35.2 Å². The van der Waals surface area contributed by atoms with Crippen molar-refractivity contribution in [2.24, 2.45) is 0 Å². The van der Waals surface area contributed by atoms with Crippen LogP contribution in [0.1, 0.15) is 11.8 Å². The average Bonchev–Trinajstić information content (AvgIpc) is 2.42. The van der Waals surface area contributed by atoms with Crippen molar-refractivity contribution in [2.45, 2.75) is 12.3 Å². The van der Waals surface area contributed by atoms with E-state index in [0.29, 0.717) is 0 Å². The van der Waals surface area contributed by atoms with Crippen molar-refractivity contribution in [1.82, 2.24) is 15.5 Å². The topological polar surface area (TPSA) is 102 Å². The first-order chi connectivity index (χ1) is 10.2. The third-order valence-corrected chi connectivity index (χ3v) is 3.45. The van der Waals surface area contributed by atoms with Gasteiger partial charge in [-0.3, -0.25) is 10.1 Å². The third-order valence-electron chi connectivity index (χ3n) is 2.79. The Morgan fingerprint density at radius 2 is 1.82 bits per heavy atom. The highest BCUT2D eigenvalue weighted by Gasteiger charge is 2.24. The maximum Gasteiger partial charge on any atom is 0.322 e. The number of hydrogen-bond acceptors (Lipinski definition) is 4. The van der Waals surface area contributed by atoms with E-state index in [4.69, 9.17) is 28.3 Å². The van der Waals surface area contributed by atoms with Crippen LogP contribution in [0, 0.1) is 0 Å². The van der Waals surface area contributed by atoms with Crippen molar-refractivity contribution in [1.29, 1.82) is 0 Å². The fraction of sp³-hybridized carbons (Fsp3) is 0.385. The van der Waals surface area contributed by atoms with Gasteiger partial charge < -0.3 is 20.4 Å². The van der Waals surface area contributed by atoms with Crippen LogP contribution in [-0.2, 0) is 4.79 Å². The van der Waals surface area contributed by atoms with E-state index in [-0.39, 0.29) is 22.2 Å². The predicted molar refractivity (Wildman–Crippen MR) is 83.1 cm³/mol.